The number of anilines is 3. The van der Waals surface area contributed by atoms with Crippen LogP contribution < -0.4 is 10.6 Å². The number of carbonyl (C=O) groups is 2. The Morgan fingerprint density at radius 3 is 2.29 bits per heavy atom. The fraction of sp³-hybridized carbons (Fsp3) is 0.286. The first kappa shape index (κ1) is 31.3. The molecule has 0 aliphatic heterocycles. The molecule has 0 unspecified atom stereocenters. The molecular weight excluding hydrogens is 566 g/mol. The van der Waals surface area contributed by atoms with Gasteiger partial charge in [-0.1, -0.05) is 45.0 Å². The Balaban J connectivity index is 1.40. The van der Waals surface area contributed by atoms with Gasteiger partial charge in [0.1, 0.15) is 6.61 Å². The number of hydrogen-bond donors (Lipinski definition) is 2. The smallest absolute Gasteiger partial charge is 0.338 e. The van der Waals surface area contributed by atoms with E-state index in [1.807, 2.05) is 80.0 Å². The van der Waals surface area contributed by atoms with E-state index >= 15 is 0 Å². The van der Waals surface area contributed by atoms with Crippen LogP contribution in [0.5, 0.6) is 0 Å². The molecule has 0 aliphatic carbocycles. The molecule has 45 heavy (non-hydrogen) atoms. The molecular formula is C35H39N7O3. The Hall–Kier alpha value is -5.09. The first-order valence-electron chi connectivity index (χ1n) is 14.8. The van der Waals surface area contributed by atoms with Crippen LogP contribution in [0.3, 0.4) is 0 Å². The summed E-state index contributed by atoms with van der Waals surface area (Å²) in [6.07, 6.45) is 1.69. The average Bonchev–Trinajstić information content (AvgIpc) is 3.38. The molecule has 1 amide bonds. The third-order valence-electron chi connectivity index (χ3n) is 7.55. The zero-order valence-corrected chi connectivity index (χ0v) is 26.8. The predicted molar refractivity (Wildman–Crippen MR) is 178 cm³/mol. The quantitative estimate of drug-likeness (QED) is 0.187. The molecule has 10 nitrogen and oxygen atoms in total. The lowest BCUT2D eigenvalue weighted by molar-refractivity contribution is 0.0481. The second-order valence-electron chi connectivity index (χ2n) is 12.3. The van der Waals surface area contributed by atoms with Crippen molar-refractivity contribution in [1.82, 2.24) is 24.4 Å². The number of nitrogens with zero attached hydrogens (tertiary/aromatic N) is 5. The van der Waals surface area contributed by atoms with Gasteiger partial charge >= 0.3 is 5.97 Å². The Morgan fingerprint density at radius 1 is 0.933 bits per heavy atom. The van der Waals surface area contributed by atoms with Gasteiger partial charge in [0.05, 0.1) is 11.9 Å². The number of ether oxygens (including phenoxy) is 1. The van der Waals surface area contributed by atoms with Gasteiger partial charge in [-0.2, -0.15) is 0 Å². The second kappa shape index (κ2) is 12.9. The number of carbonyl (C=O) groups excluding carboxylic acids is 2. The summed E-state index contributed by atoms with van der Waals surface area (Å²) in [6, 6.07) is 20.4. The van der Waals surface area contributed by atoms with Gasteiger partial charge in [-0.05, 0) is 80.0 Å². The molecule has 5 aromatic rings. The summed E-state index contributed by atoms with van der Waals surface area (Å²) in [4.78, 5) is 41.7. The van der Waals surface area contributed by atoms with Gasteiger partial charge in [0, 0.05) is 36.1 Å². The Kier molecular flexibility index (Phi) is 8.96. The monoisotopic (exact) mass is 605 g/mol. The Labute approximate surface area is 263 Å². The molecule has 0 aliphatic rings. The number of esters is 1. The highest BCUT2D eigenvalue weighted by molar-refractivity contribution is 6.05. The number of aromatic nitrogens is 4. The zero-order chi connectivity index (χ0) is 32.3. The van der Waals surface area contributed by atoms with Crippen molar-refractivity contribution in [1.29, 1.82) is 0 Å². The summed E-state index contributed by atoms with van der Waals surface area (Å²) < 4.78 is 7.18. The van der Waals surface area contributed by atoms with Crippen LogP contribution in [0.2, 0.25) is 0 Å². The molecule has 0 saturated heterocycles. The number of imidazole rings is 1. The van der Waals surface area contributed by atoms with Gasteiger partial charge in [0.2, 0.25) is 0 Å². The topological polar surface area (TPSA) is 114 Å². The van der Waals surface area contributed by atoms with E-state index < -0.39 is 0 Å². The minimum absolute atomic E-state index is 0.00564. The number of nitrogens with one attached hydrogen (secondary N) is 2. The van der Waals surface area contributed by atoms with Crippen molar-refractivity contribution in [3.63, 3.8) is 0 Å². The third-order valence-corrected chi connectivity index (χ3v) is 7.55. The third kappa shape index (κ3) is 7.18. The summed E-state index contributed by atoms with van der Waals surface area (Å²) in [5, 5.41) is 6.40. The van der Waals surface area contributed by atoms with Crippen LogP contribution >= 0.6 is 0 Å². The number of likely N-dealkylation sites (N-methyl/N-ethyl adjacent to an activating group) is 1. The summed E-state index contributed by atoms with van der Waals surface area (Å²) in [6.45, 7) is 9.35. The van der Waals surface area contributed by atoms with E-state index in [0.29, 0.717) is 52.8 Å². The largest absolute Gasteiger partial charge is 0.461 e. The van der Waals surface area contributed by atoms with E-state index in [4.69, 9.17) is 14.7 Å². The Bertz CT molecular complexity index is 1840. The van der Waals surface area contributed by atoms with E-state index in [2.05, 4.69) is 36.4 Å². The van der Waals surface area contributed by atoms with Crippen molar-refractivity contribution in [2.75, 3.05) is 37.9 Å². The van der Waals surface area contributed by atoms with Gasteiger partial charge in [0.15, 0.2) is 22.8 Å². The van der Waals surface area contributed by atoms with Crippen LogP contribution in [0.4, 0.5) is 17.2 Å². The fourth-order valence-corrected chi connectivity index (χ4v) is 4.77. The summed E-state index contributed by atoms with van der Waals surface area (Å²) in [7, 11) is 5.73. The van der Waals surface area contributed by atoms with Crippen molar-refractivity contribution < 1.29 is 14.3 Å². The number of fused-ring (bicyclic) bond motifs is 1. The zero-order valence-electron chi connectivity index (χ0n) is 26.8. The number of amides is 1. The normalized spacial score (nSPS) is 11.6. The minimum atomic E-state index is -0.371. The number of benzene rings is 3. The van der Waals surface area contributed by atoms with Crippen molar-refractivity contribution in [2.45, 2.75) is 33.1 Å². The predicted octanol–water partition coefficient (Wildman–Crippen LogP) is 6.35. The SMILES string of the molecule is Cc1c(NC(=O)c2ccc(C(C)(C)C)cc2)cccc1-c1nc(Nc2ccc(C(=O)OCCN(C)C)cc2)c2ncn(C)c2n1. The average molecular weight is 606 g/mol. The van der Waals surface area contributed by atoms with Gasteiger partial charge in [-0.3, -0.25) is 4.79 Å². The molecule has 2 heterocycles. The van der Waals surface area contributed by atoms with Crippen molar-refractivity contribution in [3.05, 3.63) is 95.3 Å². The lowest BCUT2D eigenvalue weighted by Crippen LogP contribution is -2.20. The van der Waals surface area contributed by atoms with Crippen molar-refractivity contribution in [2.24, 2.45) is 7.05 Å². The van der Waals surface area contributed by atoms with Crippen LogP contribution in [-0.4, -0.2) is 63.5 Å². The van der Waals surface area contributed by atoms with E-state index in [-0.39, 0.29) is 17.3 Å². The summed E-state index contributed by atoms with van der Waals surface area (Å²) in [5.41, 5.74) is 6.49. The maximum Gasteiger partial charge on any atom is 0.338 e. The van der Waals surface area contributed by atoms with Crippen molar-refractivity contribution in [3.8, 4) is 11.4 Å². The van der Waals surface area contributed by atoms with Crippen LogP contribution in [-0.2, 0) is 17.2 Å². The molecule has 0 spiro atoms. The highest BCUT2D eigenvalue weighted by Gasteiger charge is 2.18. The molecule has 2 N–H and O–H groups in total. The lowest BCUT2D eigenvalue weighted by atomic mass is 9.86. The minimum Gasteiger partial charge on any atom is -0.461 e. The van der Waals surface area contributed by atoms with Crippen LogP contribution in [0, 0.1) is 6.92 Å². The van der Waals surface area contributed by atoms with Crippen molar-refractivity contribution >= 4 is 40.2 Å². The molecule has 0 bridgehead atoms. The number of rotatable bonds is 9. The Morgan fingerprint density at radius 2 is 1.62 bits per heavy atom. The first-order valence-corrected chi connectivity index (χ1v) is 14.8. The molecule has 0 atom stereocenters. The van der Waals surface area contributed by atoms with Crippen LogP contribution in [0.15, 0.2) is 73.1 Å². The summed E-state index contributed by atoms with van der Waals surface area (Å²) >= 11 is 0. The first-order chi connectivity index (χ1) is 21.4. The van der Waals surface area contributed by atoms with E-state index in [1.54, 1.807) is 30.6 Å². The molecule has 3 aromatic carbocycles. The molecule has 10 heteroatoms. The van der Waals surface area contributed by atoms with Crippen LogP contribution in [0.25, 0.3) is 22.6 Å². The van der Waals surface area contributed by atoms with Gasteiger partial charge in [-0.25, -0.2) is 19.7 Å². The van der Waals surface area contributed by atoms with E-state index in [9.17, 15) is 9.59 Å². The molecule has 5 rings (SSSR count). The van der Waals surface area contributed by atoms with Gasteiger partial charge in [-0.15, -0.1) is 0 Å². The molecule has 0 fully saturated rings. The second-order valence-corrected chi connectivity index (χ2v) is 12.3. The standard InChI is InChI=1S/C35H39N7O3/c1-22-27(9-8-10-28(22)38-33(43)23-11-15-25(16-12-23)35(2,3)4)30-39-31(29-32(40-30)42(7)21-36-29)37-26-17-13-24(14-18-26)34(44)45-20-19-41(5)6/h8-18,21H,19-20H2,1-7H3,(H,38,43)(H,37,39,40). The van der Waals surface area contributed by atoms with Crippen LogP contribution in [0.1, 0.15) is 52.6 Å². The molecule has 0 radical (unpaired) electrons. The fourth-order valence-electron chi connectivity index (χ4n) is 4.77. The molecule has 2 aromatic heterocycles. The lowest BCUT2D eigenvalue weighted by Gasteiger charge is -2.19. The maximum absolute atomic E-state index is 13.2. The maximum atomic E-state index is 13.2. The number of aryl methyl sites for hydroxylation is 1. The van der Waals surface area contributed by atoms with Gasteiger partial charge in [0.25, 0.3) is 5.91 Å². The number of hydrogen-bond acceptors (Lipinski definition) is 8. The molecule has 232 valence electrons. The van der Waals surface area contributed by atoms with E-state index in [1.165, 1.54) is 5.56 Å². The highest BCUT2D eigenvalue weighted by atomic mass is 16.5. The summed E-state index contributed by atoms with van der Waals surface area (Å²) in [5.74, 6) is 0.442. The molecule has 0 saturated carbocycles. The van der Waals surface area contributed by atoms with Gasteiger partial charge < -0.3 is 24.8 Å². The highest BCUT2D eigenvalue weighted by Crippen LogP contribution is 2.31. The van der Waals surface area contributed by atoms with E-state index in [0.717, 1.165) is 16.8 Å².